The number of nitrogens with one attached hydrogen (secondary N) is 1. The van der Waals surface area contributed by atoms with Crippen molar-refractivity contribution in [2.75, 3.05) is 13.7 Å². The van der Waals surface area contributed by atoms with E-state index in [1.807, 2.05) is 54.9 Å². The highest BCUT2D eigenvalue weighted by Crippen LogP contribution is 2.48. The first kappa shape index (κ1) is 18.3. The summed E-state index contributed by atoms with van der Waals surface area (Å²) in [5.41, 5.74) is 1.53. The molecule has 2 aromatic carbocycles. The summed E-state index contributed by atoms with van der Waals surface area (Å²) < 4.78 is 5.29. The third-order valence-corrected chi connectivity index (χ3v) is 6.15. The predicted molar refractivity (Wildman–Crippen MR) is 114 cm³/mol. The van der Waals surface area contributed by atoms with Gasteiger partial charge in [0, 0.05) is 22.8 Å². The number of esters is 1. The molecule has 0 saturated heterocycles. The number of carbonyl (C=O) groups is 1. The second-order valence-electron chi connectivity index (χ2n) is 7.87. The molecule has 6 heteroatoms. The Kier molecular flexibility index (Phi) is 4.36. The van der Waals surface area contributed by atoms with E-state index in [-0.39, 0.29) is 12.0 Å². The molecule has 0 radical (unpaired) electrons. The number of halogens is 1. The number of hydrogen-bond donors (Lipinski definition) is 1. The van der Waals surface area contributed by atoms with Crippen LogP contribution in [0.2, 0.25) is 5.02 Å². The molecule has 2 aliphatic rings. The van der Waals surface area contributed by atoms with Gasteiger partial charge in [0.1, 0.15) is 6.04 Å². The van der Waals surface area contributed by atoms with E-state index in [4.69, 9.17) is 21.3 Å². The van der Waals surface area contributed by atoms with Gasteiger partial charge in [0.25, 0.3) is 0 Å². The van der Waals surface area contributed by atoms with Crippen molar-refractivity contribution in [3.8, 4) is 0 Å². The van der Waals surface area contributed by atoms with Crippen LogP contribution in [-0.2, 0) is 15.1 Å². The van der Waals surface area contributed by atoms with Crippen molar-refractivity contribution in [2.45, 2.75) is 24.4 Å². The van der Waals surface area contributed by atoms with Gasteiger partial charge < -0.3 is 14.6 Å². The van der Waals surface area contributed by atoms with E-state index in [0.717, 1.165) is 28.7 Å². The van der Waals surface area contributed by atoms with Crippen LogP contribution in [0.15, 0.2) is 59.6 Å². The number of rotatable bonds is 5. The molecular weight excluding hydrogens is 386 g/mol. The number of fused-ring (bicyclic) bond motifs is 1. The van der Waals surface area contributed by atoms with E-state index in [1.165, 1.54) is 20.0 Å². The van der Waals surface area contributed by atoms with Crippen LogP contribution in [-0.4, -0.2) is 35.8 Å². The Hall–Kier alpha value is -2.79. The number of carbonyl (C=O) groups excluding carboxylic acids is 1. The first-order valence-corrected chi connectivity index (χ1v) is 10.2. The largest absolute Gasteiger partial charge is 0.467 e. The molecular formula is C23H22ClN3O2. The molecule has 5 rings (SSSR count). The Morgan fingerprint density at radius 2 is 2.03 bits per heavy atom. The Labute approximate surface area is 174 Å². The molecule has 1 N–H and O–H groups in total. The second-order valence-corrected chi connectivity index (χ2v) is 8.30. The Morgan fingerprint density at radius 1 is 1.24 bits per heavy atom. The summed E-state index contributed by atoms with van der Waals surface area (Å²) in [5.74, 6) is 0.284. The molecule has 1 aliphatic heterocycles. The average molecular weight is 408 g/mol. The molecule has 1 fully saturated rings. The summed E-state index contributed by atoms with van der Waals surface area (Å²) in [5, 5.41) is 1.72. The summed E-state index contributed by atoms with van der Waals surface area (Å²) in [4.78, 5) is 23.7. The van der Waals surface area contributed by atoms with Crippen LogP contribution in [0.25, 0.3) is 10.9 Å². The van der Waals surface area contributed by atoms with Gasteiger partial charge in [0.2, 0.25) is 5.54 Å². The zero-order chi connectivity index (χ0) is 20.0. The topological polar surface area (TPSA) is 57.7 Å². The van der Waals surface area contributed by atoms with Gasteiger partial charge in [-0.05, 0) is 47.9 Å². The highest BCUT2D eigenvalue weighted by Gasteiger charge is 2.55. The van der Waals surface area contributed by atoms with Crippen molar-refractivity contribution in [2.24, 2.45) is 10.9 Å². The molecule has 0 amide bonds. The Morgan fingerprint density at radius 3 is 2.76 bits per heavy atom. The molecule has 1 aliphatic carbocycles. The maximum Gasteiger partial charge on any atom is 0.341 e. The van der Waals surface area contributed by atoms with E-state index in [1.54, 1.807) is 0 Å². The minimum atomic E-state index is -1.16. The first-order valence-electron chi connectivity index (χ1n) is 9.85. The van der Waals surface area contributed by atoms with Crippen molar-refractivity contribution >= 4 is 34.8 Å². The normalized spacial score (nSPS) is 23.7. The lowest BCUT2D eigenvalue weighted by atomic mass is 9.81. The molecule has 148 valence electrons. The SMILES string of the molecule is COC(=O)C1(c2ccccc2)N=CN(CC2CC2)C1c1cc2ccc(Cl)cc2[nH]1. The third-order valence-electron chi connectivity index (χ3n) is 5.91. The molecule has 2 heterocycles. The fraction of sp³-hybridized carbons (Fsp3) is 0.304. The molecule has 1 aromatic heterocycles. The average Bonchev–Trinajstić information content (AvgIpc) is 3.33. The number of aliphatic imine (C=N–C) groups is 1. The van der Waals surface area contributed by atoms with Crippen LogP contribution in [0.4, 0.5) is 0 Å². The zero-order valence-corrected chi connectivity index (χ0v) is 16.9. The van der Waals surface area contributed by atoms with Crippen molar-refractivity contribution < 1.29 is 9.53 Å². The predicted octanol–water partition coefficient (Wildman–Crippen LogP) is 4.68. The van der Waals surface area contributed by atoms with Gasteiger partial charge in [-0.15, -0.1) is 0 Å². The molecule has 0 bridgehead atoms. The number of aromatic amines is 1. The van der Waals surface area contributed by atoms with Crippen molar-refractivity contribution in [1.82, 2.24) is 9.88 Å². The van der Waals surface area contributed by atoms with Crippen LogP contribution in [0.3, 0.4) is 0 Å². The van der Waals surface area contributed by atoms with Gasteiger partial charge in [0.15, 0.2) is 0 Å². The zero-order valence-electron chi connectivity index (χ0n) is 16.1. The quantitative estimate of drug-likeness (QED) is 0.624. The second kappa shape index (κ2) is 6.92. The summed E-state index contributed by atoms with van der Waals surface area (Å²) in [7, 11) is 1.42. The molecule has 3 aromatic rings. The lowest BCUT2D eigenvalue weighted by molar-refractivity contribution is -0.149. The minimum absolute atomic E-state index is 0.316. The molecule has 5 nitrogen and oxygen atoms in total. The first-order chi connectivity index (χ1) is 14.1. The van der Waals surface area contributed by atoms with Crippen LogP contribution >= 0.6 is 11.6 Å². The summed E-state index contributed by atoms with van der Waals surface area (Å²) in [6.07, 6.45) is 4.26. The minimum Gasteiger partial charge on any atom is -0.467 e. The van der Waals surface area contributed by atoms with Crippen molar-refractivity contribution in [3.63, 3.8) is 0 Å². The van der Waals surface area contributed by atoms with Crippen LogP contribution < -0.4 is 0 Å². The van der Waals surface area contributed by atoms with E-state index >= 15 is 0 Å². The van der Waals surface area contributed by atoms with E-state index in [2.05, 4.69) is 16.0 Å². The molecule has 2 unspecified atom stereocenters. The van der Waals surface area contributed by atoms with Crippen LogP contribution in [0, 0.1) is 5.92 Å². The molecule has 29 heavy (non-hydrogen) atoms. The number of benzene rings is 2. The Bertz CT molecular complexity index is 1090. The van der Waals surface area contributed by atoms with E-state index in [0.29, 0.717) is 10.9 Å². The van der Waals surface area contributed by atoms with E-state index < -0.39 is 5.54 Å². The fourth-order valence-corrected chi connectivity index (χ4v) is 4.50. The van der Waals surface area contributed by atoms with Gasteiger partial charge in [-0.3, -0.25) is 0 Å². The number of aromatic nitrogens is 1. The van der Waals surface area contributed by atoms with Crippen molar-refractivity contribution in [3.05, 3.63) is 70.9 Å². The highest BCUT2D eigenvalue weighted by molar-refractivity contribution is 6.31. The lowest BCUT2D eigenvalue weighted by Crippen LogP contribution is -2.44. The summed E-state index contributed by atoms with van der Waals surface area (Å²) >= 11 is 6.19. The van der Waals surface area contributed by atoms with Crippen LogP contribution in [0.5, 0.6) is 0 Å². The lowest BCUT2D eigenvalue weighted by Gasteiger charge is -2.35. The number of hydrogen-bond acceptors (Lipinski definition) is 4. The fourth-order valence-electron chi connectivity index (χ4n) is 4.33. The summed E-state index contributed by atoms with van der Waals surface area (Å²) in [6, 6.07) is 17.2. The molecule has 2 atom stereocenters. The third kappa shape index (κ3) is 3.01. The molecule has 0 spiro atoms. The van der Waals surface area contributed by atoms with Gasteiger partial charge >= 0.3 is 5.97 Å². The van der Waals surface area contributed by atoms with Gasteiger partial charge in [-0.1, -0.05) is 48.0 Å². The van der Waals surface area contributed by atoms with E-state index in [9.17, 15) is 4.79 Å². The molecule has 1 saturated carbocycles. The standard InChI is InChI=1S/C23H22ClN3O2/c1-29-22(28)23(17-5-3-2-4-6-17)21(27(14-25-23)13-15-7-8-15)20-11-16-9-10-18(24)12-19(16)26-20/h2-6,9-12,14-15,21,26H,7-8,13H2,1H3. The highest BCUT2D eigenvalue weighted by atomic mass is 35.5. The van der Waals surface area contributed by atoms with Gasteiger partial charge in [0.05, 0.1) is 13.4 Å². The monoisotopic (exact) mass is 407 g/mol. The summed E-state index contributed by atoms with van der Waals surface area (Å²) in [6.45, 7) is 0.871. The smallest absolute Gasteiger partial charge is 0.341 e. The van der Waals surface area contributed by atoms with Gasteiger partial charge in [-0.25, -0.2) is 9.79 Å². The number of H-pyrrole nitrogens is 1. The number of nitrogens with zero attached hydrogens (tertiary/aromatic N) is 2. The number of methoxy groups -OCH3 is 1. The Balaban J connectivity index is 1.69. The van der Waals surface area contributed by atoms with Crippen LogP contribution in [0.1, 0.15) is 30.1 Å². The van der Waals surface area contributed by atoms with Gasteiger partial charge in [-0.2, -0.15) is 0 Å². The number of ether oxygens (including phenoxy) is 1. The maximum absolute atomic E-state index is 13.2. The van der Waals surface area contributed by atoms with Crippen molar-refractivity contribution in [1.29, 1.82) is 0 Å². The maximum atomic E-state index is 13.2.